The minimum Gasteiger partial charge on any atom is -0.383 e. The number of benzene rings is 1. The molecule has 0 saturated heterocycles. The van der Waals surface area contributed by atoms with Gasteiger partial charge in [-0.2, -0.15) is 15.1 Å². The van der Waals surface area contributed by atoms with Gasteiger partial charge in [0.05, 0.1) is 17.4 Å². The molecule has 112 valence electrons. The predicted molar refractivity (Wildman–Crippen MR) is 88.7 cm³/mol. The van der Waals surface area contributed by atoms with E-state index in [-0.39, 0.29) is 0 Å². The fourth-order valence-electron chi connectivity index (χ4n) is 2.37. The smallest absolute Gasteiger partial charge is 0.254 e. The molecule has 23 heavy (non-hydrogen) atoms. The van der Waals surface area contributed by atoms with Crippen LogP contribution >= 0.6 is 0 Å². The molecule has 0 atom stereocenters. The lowest BCUT2D eigenvalue weighted by Crippen LogP contribution is -2.06. The molecule has 4 N–H and O–H groups in total. The standard InChI is InChI=1S/C16H13N7/c17-14-7-15(18)22-16(21-14)23-9-11(8-19-23)13-6-5-10-3-1-2-4-12(10)20-13/h1-9H,(H4,17,18,21,22). The fraction of sp³-hybridized carbons (Fsp3) is 0. The zero-order valence-corrected chi connectivity index (χ0v) is 12.1. The van der Waals surface area contributed by atoms with Gasteiger partial charge in [-0.1, -0.05) is 24.3 Å². The predicted octanol–water partition coefficient (Wildman–Crippen LogP) is 2.04. The summed E-state index contributed by atoms with van der Waals surface area (Å²) in [5.41, 5.74) is 14.0. The number of hydrogen-bond donors (Lipinski definition) is 2. The summed E-state index contributed by atoms with van der Waals surface area (Å²) in [6, 6.07) is 13.4. The van der Waals surface area contributed by atoms with Crippen LogP contribution in [0, 0.1) is 0 Å². The van der Waals surface area contributed by atoms with Crippen molar-refractivity contribution in [2.75, 3.05) is 11.5 Å². The van der Waals surface area contributed by atoms with Gasteiger partial charge < -0.3 is 11.5 Å². The van der Waals surface area contributed by atoms with E-state index in [1.54, 1.807) is 12.4 Å². The highest BCUT2D eigenvalue weighted by Gasteiger charge is 2.08. The molecule has 3 aromatic heterocycles. The van der Waals surface area contributed by atoms with Crippen molar-refractivity contribution in [1.82, 2.24) is 24.7 Å². The van der Waals surface area contributed by atoms with Gasteiger partial charge in [-0.15, -0.1) is 0 Å². The lowest BCUT2D eigenvalue weighted by Gasteiger charge is -2.02. The van der Waals surface area contributed by atoms with E-state index in [1.165, 1.54) is 10.7 Å². The Kier molecular flexibility index (Phi) is 2.90. The summed E-state index contributed by atoms with van der Waals surface area (Å²) < 4.78 is 1.53. The maximum absolute atomic E-state index is 5.69. The maximum atomic E-state index is 5.69. The van der Waals surface area contributed by atoms with Crippen LogP contribution in [-0.2, 0) is 0 Å². The monoisotopic (exact) mass is 303 g/mol. The van der Waals surface area contributed by atoms with Gasteiger partial charge in [0.1, 0.15) is 11.6 Å². The largest absolute Gasteiger partial charge is 0.383 e. The Morgan fingerprint density at radius 3 is 2.48 bits per heavy atom. The van der Waals surface area contributed by atoms with Gasteiger partial charge in [0.25, 0.3) is 5.95 Å². The molecule has 1 aromatic carbocycles. The molecule has 7 heteroatoms. The zero-order chi connectivity index (χ0) is 15.8. The number of para-hydroxylation sites is 1. The van der Waals surface area contributed by atoms with E-state index in [2.05, 4.69) is 20.1 Å². The summed E-state index contributed by atoms with van der Waals surface area (Å²) >= 11 is 0. The molecule has 7 nitrogen and oxygen atoms in total. The van der Waals surface area contributed by atoms with Crippen molar-refractivity contribution in [3.05, 3.63) is 54.9 Å². The van der Waals surface area contributed by atoms with Crippen LogP contribution in [0.15, 0.2) is 54.9 Å². The lowest BCUT2D eigenvalue weighted by molar-refractivity contribution is 0.813. The van der Waals surface area contributed by atoms with Crippen LogP contribution in [0.1, 0.15) is 0 Å². The Balaban J connectivity index is 1.76. The van der Waals surface area contributed by atoms with Crippen molar-refractivity contribution in [3.63, 3.8) is 0 Å². The van der Waals surface area contributed by atoms with Crippen molar-refractivity contribution < 1.29 is 0 Å². The number of nitrogen functional groups attached to an aromatic ring is 2. The summed E-state index contributed by atoms with van der Waals surface area (Å²) in [7, 11) is 0. The number of fused-ring (bicyclic) bond motifs is 1. The average molecular weight is 303 g/mol. The molecule has 0 spiro atoms. The molecule has 0 unspecified atom stereocenters. The second-order valence-electron chi connectivity index (χ2n) is 5.08. The zero-order valence-electron chi connectivity index (χ0n) is 12.1. The average Bonchev–Trinajstić information content (AvgIpc) is 3.03. The van der Waals surface area contributed by atoms with E-state index in [4.69, 9.17) is 11.5 Å². The van der Waals surface area contributed by atoms with Crippen molar-refractivity contribution in [2.45, 2.75) is 0 Å². The lowest BCUT2D eigenvalue weighted by atomic mass is 10.1. The minimum absolute atomic E-state index is 0.299. The number of pyridine rings is 1. The summed E-state index contributed by atoms with van der Waals surface area (Å²) in [6.07, 6.45) is 3.51. The highest BCUT2D eigenvalue weighted by molar-refractivity contribution is 5.81. The minimum atomic E-state index is 0.299. The summed E-state index contributed by atoms with van der Waals surface area (Å²) in [5.74, 6) is 0.927. The molecule has 0 bridgehead atoms. The number of rotatable bonds is 2. The number of anilines is 2. The van der Waals surface area contributed by atoms with Gasteiger partial charge in [0.15, 0.2) is 0 Å². The third kappa shape index (κ3) is 2.44. The molecule has 3 heterocycles. The Morgan fingerprint density at radius 2 is 1.65 bits per heavy atom. The SMILES string of the molecule is Nc1cc(N)nc(-n2cc(-c3ccc4ccccc4n3)cn2)n1. The molecule has 4 rings (SSSR count). The molecule has 0 aliphatic rings. The normalized spacial score (nSPS) is 11.0. The molecule has 0 aliphatic heterocycles. The number of nitrogens with zero attached hydrogens (tertiary/aromatic N) is 5. The van der Waals surface area contributed by atoms with Crippen LogP contribution in [0.25, 0.3) is 28.1 Å². The van der Waals surface area contributed by atoms with Crippen LogP contribution in [0.5, 0.6) is 0 Å². The fourth-order valence-corrected chi connectivity index (χ4v) is 2.37. The van der Waals surface area contributed by atoms with Crippen LogP contribution in [-0.4, -0.2) is 24.7 Å². The van der Waals surface area contributed by atoms with Gasteiger partial charge in [0, 0.05) is 23.2 Å². The first kappa shape index (κ1) is 13.2. The molecule has 0 aliphatic carbocycles. The quantitative estimate of drug-likeness (QED) is 0.586. The Hall–Kier alpha value is -3.48. The van der Waals surface area contributed by atoms with E-state index in [9.17, 15) is 0 Å². The van der Waals surface area contributed by atoms with Crippen LogP contribution in [0.4, 0.5) is 11.6 Å². The number of hydrogen-bond acceptors (Lipinski definition) is 6. The summed E-state index contributed by atoms with van der Waals surface area (Å²) in [4.78, 5) is 12.9. The van der Waals surface area contributed by atoms with Crippen molar-refractivity contribution in [3.8, 4) is 17.2 Å². The highest BCUT2D eigenvalue weighted by Crippen LogP contribution is 2.21. The van der Waals surface area contributed by atoms with E-state index in [0.717, 1.165) is 22.2 Å². The molecule has 0 fully saturated rings. The molecular weight excluding hydrogens is 290 g/mol. The van der Waals surface area contributed by atoms with E-state index < -0.39 is 0 Å². The maximum Gasteiger partial charge on any atom is 0.254 e. The van der Waals surface area contributed by atoms with E-state index in [1.807, 2.05) is 36.4 Å². The van der Waals surface area contributed by atoms with Crippen molar-refractivity contribution in [1.29, 1.82) is 0 Å². The van der Waals surface area contributed by atoms with Crippen LogP contribution < -0.4 is 11.5 Å². The molecule has 0 saturated carbocycles. The third-order valence-corrected chi connectivity index (χ3v) is 3.44. The van der Waals surface area contributed by atoms with E-state index in [0.29, 0.717) is 17.6 Å². The van der Waals surface area contributed by atoms with Gasteiger partial charge in [0.2, 0.25) is 0 Å². The van der Waals surface area contributed by atoms with E-state index >= 15 is 0 Å². The Bertz CT molecular complexity index is 986. The van der Waals surface area contributed by atoms with Crippen molar-refractivity contribution in [2.24, 2.45) is 0 Å². The molecule has 4 aromatic rings. The first-order valence-corrected chi connectivity index (χ1v) is 7.00. The molecular formula is C16H13N7. The topological polar surface area (TPSA) is 109 Å². The Labute approximate surface area is 131 Å². The second-order valence-corrected chi connectivity index (χ2v) is 5.08. The van der Waals surface area contributed by atoms with Gasteiger partial charge >= 0.3 is 0 Å². The van der Waals surface area contributed by atoms with Crippen LogP contribution in [0.3, 0.4) is 0 Å². The first-order valence-electron chi connectivity index (χ1n) is 7.00. The third-order valence-electron chi connectivity index (χ3n) is 3.44. The number of nitrogens with two attached hydrogens (primary N) is 2. The van der Waals surface area contributed by atoms with Crippen LogP contribution in [0.2, 0.25) is 0 Å². The van der Waals surface area contributed by atoms with Crippen molar-refractivity contribution >= 4 is 22.5 Å². The van der Waals surface area contributed by atoms with Gasteiger partial charge in [-0.3, -0.25) is 0 Å². The highest BCUT2D eigenvalue weighted by atomic mass is 15.3. The Morgan fingerprint density at radius 1 is 0.870 bits per heavy atom. The second kappa shape index (κ2) is 5.06. The molecule has 0 amide bonds. The molecule has 0 radical (unpaired) electrons. The number of aromatic nitrogens is 5. The van der Waals surface area contributed by atoms with Gasteiger partial charge in [-0.25, -0.2) is 9.67 Å². The summed E-state index contributed by atoms with van der Waals surface area (Å²) in [5, 5.41) is 5.36. The van der Waals surface area contributed by atoms with Gasteiger partial charge in [-0.05, 0) is 12.1 Å². The summed E-state index contributed by atoms with van der Waals surface area (Å²) in [6.45, 7) is 0. The first-order chi connectivity index (χ1) is 11.2.